The normalized spacial score (nSPS) is 10.6. The summed E-state index contributed by atoms with van der Waals surface area (Å²) in [7, 11) is 0. The molecule has 0 saturated carbocycles. The van der Waals surface area contributed by atoms with Crippen LogP contribution in [0.25, 0.3) is 0 Å². The van der Waals surface area contributed by atoms with Crippen molar-refractivity contribution in [1.29, 1.82) is 0 Å². The molecule has 2 aromatic carbocycles. The zero-order valence-electron chi connectivity index (χ0n) is 9.59. The number of hydrogen-bond donors (Lipinski definition) is 1. The van der Waals surface area contributed by atoms with Crippen LogP contribution in [0.5, 0.6) is 0 Å². The van der Waals surface area contributed by atoms with Gasteiger partial charge in [-0.1, -0.05) is 34.1 Å². The largest absolute Gasteiger partial charge is 0.308 e. The Morgan fingerprint density at radius 1 is 0.944 bits per heavy atom. The molecule has 0 atom stereocenters. The van der Waals surface area contributed by atoms with Crippen LogP contribution in [0, 0.1) is 11.6 Å². The summed E-state index contributed by atoms with van der Waals surface area (Å²) >= 11 is 3.35. The van der Waals surface area contributed by atoms with Gasteiger partial charge in [-0.15, -0.1) is 0 Å². The molecule has 0 heterocycles. The fourth-order valence-corrected chi connectivity index (χ4v) is 2.04. The molecule has 1 N–H and O–H groups in total. The van der Waals surface area contributed by atoms with Gasteiger partial charge in [-0.25, -0.2) is 8.78 Å². The van der Waals surface area contributed by atoms with Crippen LogP contribution in [0.3, 0.4) is 0 Å². The summed E-state index contributed by atoms with van der Waals surface area (Å²) in [4.78, 5) is 0. The standard InChI is InChI=1S/C14H12BrF2N/c15-13-6-5-12(16)7-11(13)9-18-8-10-3-1-2-4-14(10)17/h1-7,18H,8-9H2. The van der Waals surface area contributed by atoms with E-state index in [-0.39, 0.29) is 11.6 Å². The van der Waals surface area contributed by atoms with Crippen molar-refractivity contribution in [2.24, 2.45) is 0 Å². The van der Waals surface area contributed by atoms with Crippen LogP contribution in [0.1, 0.15) is 11.1 Å². The molecule has 0 amide bonds. The monoisotopic (exact) mass is 311 g/mol. The van der Waals surface area contributed by atoms with Crippen LogP contribution in [0.4, 0.5) is 8.78 Å². The van der Waals surface area contributed by atoms with Gasteiger partial charge in [0.25, 0.3) is 0 Å². The zero-order valence-corrected chi connectivity index (χ0v) is 11.2. The minimum Gasteiger partial charge on any atom is -0.308 e. The van der Waals surface area contributed by atoms with Crippen LogP contribution in [-0.2, 0) is 13.1 Å². The molecular weight excluding hydrogens is 300 g/mol. The van der Waals surface area contributed by atoms with Gasteiger partial charge in [-0.3, -0.25) is 0 Å². The van der Waals surface area contributed by atoms with Gasteiger partial charge in [0.2, 0.25) is 0 Å². The van der Waals surface area contributed by atoms with E-state index in [1.165, 1.54) is 18.2 Å². The predicted octanol–water partition coefficient (Wildman–Crippen LogP) is 4.02. The number of nitrogens with one attached hydrogen (secondary N) is 1. The predicted molar refractivity (Wildman–Crippen MR) is 71.0 cm³/mol. The minimum atomic E-state index is -0.277. The Labute approximate surface area is 113 Å². The Balaban J connectivity index is 1.96. The van der Waals surface area contributed by atoms with E-state index in [1.54, 1.807) is 24.3 Å². The highest BCUT2D eigenvalue weighted by molar-refractivity contribution is 9.10. The van der Waals surface area contributed by atoms with Crippen LogP contribution in [0.15, 0.2) is 46.9 Å². The molecule has 0 bridgehead atoms. The molecule has 2 rings (SSSR count). The van der Waals surface area contributed by atoms with Gasteiger partial charge < -0.3 is 5.32 Å². The molecule has 2 aromatic rings. The molecule has 18 heavy (non-hydrogen) atoms. The molecule has 0 saturated heterocycles. The summed E-state index contributed by atoms with van der Waals surface area (Å²) in [5.74, 6) is -0.510. The Kier molecular flexibility index (Phi) is 4.44. The van der Waals surface area contributed by atoms with Gasteiger partial charge >= 0.3 is 0 Å². The summed E-state index contributed by atoms with van der Waals surface area (Å²) in [6.07, 6.45) is 0. The Hall–Kier alpha value is -1.26. The third-order valence-corrected chi connectivity index (χ3v) is 3.37. The summed E-state index contributed by atoms with van der Waals surface area (Å²) in [5.41, 5.74) is 1.41. The van der Waals surface area contributed by atoms with Crippen LogP contribution in [-0.4, -0.2) is 0 Å². The third kappa shape index (κ3) is 3.37. The second kappa shape index (κ2) is 6.07. The molecular formula is C14H12BrF2N. The van der Waals surface area contributed by atoms with Gasteiger partial charge in [0, 0.05) is 23.1 Å². The zero-order chi connectivity index (χ0) is 13.0. The highest BCUT2D eigenvalue weighted by Gasteiger charge is 2.03. The first-order chi connectivity index (χ1) is 8.66. The number of rotatable bonds is 4. The lowest BCUT2D eigenvalue weighted by molar-refractivity contribution is 0.585. The SMILES string of the molecule is Fc1ccc(Br)c(CNCc2ccccc2F)c1. The van der Waals surface area contributed by atoms with E-state index in [4.69, 9.17) is 0 Å². The molecule has 0 aliphatic rings. The molecule has 0 aliphatic carbocycles. The maximum atomic E-state index is 13.3. The first-order valence-electron chi connectivity index (χ1n) is 5.55. The fraction of sp³-hybridized carbons (Fsp3) is 0.143. The Morgan fingerprint density at radius 3 is 2.44 bits per heavy atom. The van der Waals surface area contributed by atoms with E-state index in [0.29, 0.717) is 18.7 Å². The lowest BCUT2D eigenvalue weighted by atomic mass is 10.2. The van der Waals surface area contributed by atoms with Gasteiger partial charge in [-0.2, -0.15) is 0 Å². The topological polar surface area (TPSA) is 12.0 Å². The molecule has 0 aliphatic heterocycles. The summed E-state index contributed by atoms with van der Waals surface area (Å²) in [6.45, 7) is 0.891. The maximum Gasteiger partial charge on any atom is 0.127 e. The van der Waals surface area contributed by atoms with E-state index in [0.717, 1.165) is 10.0 Å². The summed E-state index contributed by atoms with van der Waals surface area (Å²) in [6, 6.07) is 11.1. The first-order valence-corrected chi connectivity index (χ1v) is 6.34. The van der Waals surface area contributed by atoms with E-state index >= 15 is 0 Å². The molecule has 0 fully saturated rings. The second-order valence-electron chi connectivity index (χ2n) is 3.93. The van der Waals surface area contributed by atoms with Crippen LogP contribution in [0.2, 0.25) is 0 Å². The highest BCUT2D eigenvalue weighted by Crippen LogP contribution is 2.17. The van der Waals surface area contributed by atoms with Crippen molar-refractivity contribution in [3.8, 4) is 0 Å². The summed E-state index contributed by atoms with van der Waals surface area (Å²) in [5, 5.41) is 3.09. The van der Waals surface area contributed by atoms with Crippen molar-refractivity contribution in [2.45, 2.75) is 13.1 Å². The van der Waals surface area contributed by atoms with Gasteiger partial charge in [0.15, 0.2) is 0 Å². The average Bonchev–Trinajstić information content (AvgIpc) is 2.36. The van der Waals surface area contributed by atoms with Crippen LogP contribution >= 0.6 is 15.9 Å². The quantitative estimate of drug-likeness (QED) is 0.899. The van der Waals surface area contributed by atoms with E-state index in [1.807, 2.05) is 0 Å². The van der Waals surface area contributed by atoms with Gasteiger partial charge in [0.05, 0.1) is 0 Å². The smallest absolute Gasteiger partial charge is 0.127 e. The highest BCUT2D eigenvalue weighted by atomic mass is 79.9. The first kappa shape index (κ1) is 13.2. The summed E-state index contributed by atoms with van der Waals surface area (Å²) < 4.78 is 27.2. The van der Waals surface area contributed by atoms with Crippen molar-refractivity contribution >= 4 is 15.9 Å². The molecule has 4 heteroatoms. The van der Waals surface area contributed by atoms with E-state index in [2.05, 4.69) is 21.2 Å². The van der Waals surface area contributed by atoms with E-state index < -0.39 is 0 Å². The lowest BCUT2D eigenvalue weighted by Crippen LogP contribution is -2.14. The third-order valence-electron chi connectivity index (χ3n) is 2.60. The molecule has 1 nitrogen and oxygen atoms in total. The molecule has 0 spiro atoms. The number of hydrogen-bond acceptors (Lipinski definition) is 1. The number of halogens is 3. The van der Waals surface area contributed by atoms with Gasteiger partial charge in [0.1, 0.15) is 11.6 Å². The van der Waals surface area contributed by atoms with Crippen molar-refractivity contribution in [3.63, 3.8) is 0 Å². The average molecular weight is 312 g/mol. The van der Waals surface area contributed by atoms with Crippen molar-refractivity contribution < 1.29 is 8.78 Å². The second-order valence-corrected chi connectivity index (χ2v) is 4.79. The van der Waals surface area contributed by atoms with Gasteiger partial charge in [-0.05, 0) is 29.8 Å². The molecule has 0 unspecified atom stereocenters. The number of benzene rings is 2. The fourth-order valence-electron chi connectivity index (χ4n) is 1.65. The molecule has 0 aromatic heterocycles. The van der Waals surface area contributed by atoms with Crippen molar-refractivity contribution in [1.82, 2.24) is 5.32 Å². The van der Waals surface area contributed by atoms with Crippen molar-refractivity contribution in [3.05, 3.63) is 69.7 Å². The molecule has 0 radical (unpaired) electrons. The Bertz CT molecular complexity index is 543. The van der Waals surface area contributed by atoms with Crippen molar-refractivity contribution in [2.75, 3.05) is 0 Å². The lowest BCUT2D eigenvalue weighted by Gasteiger charge is -2.08. The van der Waals surface area contributed by atoms with Crippen LogP contribution < -0.4 is 5.32 Å². The minimum absolute atomic E-state index is 0.233. The maximum absolute atomic E-state index is 13.3. The van der Waals surface area contributed by atoms with E-state index in [9.17, 15) is 8.78 Å². The Morgan fingerprint density at radius 2 is 1.67 bits per heavy atom. The molecule has 94 valence electrons.